The molecule has 0 aromatic heterocycles. The van der Waals surface area contributed by atoms with Crippen LogP contribution in [0.15, 0.2) is 30.3 Å². The van der Waals surface area contributed by atoms with Gasteiger partial charge in [0.15, 0.2) is 0 Å². The maximum atomic E-state index is 12.0. The smallest absolute Gasteiger partial charge is 0.212 e. The molecular formula is C14H21NO3S. The SMILES string of the molecule is O=S(=O)(CCC1CC1)N[C@H](CCO)c1ccccc1. The van der Waals surface area contributed by atoms with E-state index in [1.54, 1.807) is 0 Å². The van der Waals surface area contributed by atoms with Crippen LogP contribution in [0.25, 0.3) is 0 Å². The van der Waals surface area contributed by atoms with Crippen LogP contribution in [-0.2, 0) is 10.0 Å². The number of aliphatic hydroxyl groups excluding tert-OH is 1. The van der Waals surface area contributed by atoms with Gasteiger partial charge in [-0.2, -0.15) is 0 Å². The van der Waals surface area contributed by atoms with Crippen LogP contribution in [0.1, 0.15) is 37.3 Å². The van der Waals surface area contributed by atoms with E-state index < -0.39 is 10.0 Å². The Morgan fingerprint density at radius 1 is 1.26 bits per heavy atom. The van der Waals surface area contributed by atoms with Gasteiger partial charge in [0.25, 0.3) is 0 Å². The quantitative estimate of drug-likeness (QED) is 0.765. The van der Waals surface area contributed by atoms with Crippen LogP contribution in [0.2, 0.25) is 0 Å². The predicted octanol–water partition coefficient (Wildman–Crippen LogP) is 1.83. The van der Waals surface area contributed by atoms with Gasteiger partial charge in [0.1, 0.15) is 0 Å². The standard InChI is InChI=1S/C14H21NO3S/c16-10-8-14(13-4-2-1-3-5-13)15-19(17,18)11-9-12-6-7-12/h1-5,12,14-16H,6-11H2/t14-/m1/s1. The van der Waals surface area contributed by atoms with Crippen LogP contribution in [-0.4, -0.2) is 25.9 Å². The van der Waals surface area contributed by atoms with Crippen LogP contribution in [0, 0.1) is 5.92 Å². The average Bonchev–Trinajstić information content (AvgIpc) is 3.21. The average molecular weight is 283 g/mol. The highest BCUT2D eigenvalue weighted by Gasteiger charge is 2.25. The Bertz CT molecular complexity index is 483. The summed E-state index contributed by atoms with van der Waals surface area (Å²) in [6, 6.07) is 9.06. The first kappa shape index (κ1) is 14.5. The molecule has 2 rings (SSSR count). The van der Waals surface area contributed by atoms with Gasteiger partial charge in [-0.3, -0.25) is 0 Å². The Kier molecular flexibility index (Phi) is 4.96. The monoisotopic (exact) mass is 283 g/mol. The Hall–Kier alpha value is -0.910. The van der Waals surface area contributed by atoms with Crippen molar-refractivity contribution in [3.05, 3.63) is 35.9 Å². The van der Waals surface area contributed by atoms with Crippen LogP contribution in [0.5, 0.6) is 0 Å². The van der Waals surface area contributed by atoms with Gasteiger partial charge in [-0.25, -0.2) is 13.1 Å². The van der Waals surface area contributed by atoms with E-state index >= 15 is 0 Å². The fraction of sp³-hybridized carbons (Fsp3) is 0.571. The molecule has 4 nitrogen and oxygen atoms in total. The first-order chi connectivity index (χ1) is 9.11. The third kappa shape index (κ3) is 4.93. The Balaban J connectivity index is 1.98. The minimum Gasteiger partial charge on any atom is -0.396 e. The summed E-state index contributed by atoms with van der Waals surface area (Å²) in [6.07, 6.45) is 3.46. The minimum absolute atomic E-state index is 0.0370. The molecule has 5 heteroatoms. The van der Waals surface area contributed by atoms with Crippen LogP contribution >= 0.6 is 0 Å². The number of sulfonamides is 1. The van der Waals surface area contributed by atoms with Crippen molar-refractivity contribution in [2.24, 2.45) is 5.92 Å². The molecule has 0 unspecified atom stereocenters. The van der Waals surface area contributed by atoms with E-state index in [0.717, 1.165) is 24.8 Å². The molecule has 0 spiro atoms. The number of hydrogen-bond donors (Lipinski definition) is 2. The summed E-state index contributed by atoms with van der Waals surface area (Å²) in [5.74, 6) is 0.788. The number of rotatable bonds is 8. The van der Waals surface area contributed by atoms with Crippen molar-refractivity contribution in [3.8, 4) is 0 Å². The first-order valence-corrected chi connectivity index (χ1v) is 8.42. The van der Waals surface area contributed by atoms with E-state index in [2.05, 4.69) is 4.72 Å². The zero-order chi connectivity index (χ0) is 13.7. The number of aliphatic hydroxyl groups is 1. The minimum atomic E-state index is -3.27. The van der Waals surface area contributed by atoms with Gasteiger partial charge in [0.05, 0.1) is 5.75 Å². The largest absolute Gasteiger partial charge is 0.396 e. The zero-order valence-corrected chi connectivity index (χ0v) is 11.8. The van der Waals surface area contributed by atoms with Crippen molar-refractivity contribution in [1.82, 2.24) is 4.72 Å². The van der Waals surface area contributed by atoms with E-state index in [1.165, 1.54) is 0 Å². The summed E-state index contributed by atoms with van der Waals surface area (Å²) in [5, 5.41) is 9.09. The normalized spacial score (nSPS) is 17.3. The van der Waals surface area contributed by atoms with Crippen molar-refractivity contribution in [3.63, 3.8) is 0 Å². The van der Waals surface area contributed by atoms with Crippen molar-refractivity contribution in [2.45, 2.75) is 31.7 Å². The second kappa shape index (κ2) is 6.50. The van der Waals surface area contributed by atoms with Gasteiger partial charge in [-0.15, -0.1) is 0 Å². The van der Waals surface area contributed by atoms with Crippen LogP contribution in [0.4, 0.5) is 0 Å². The van der Waals surface area contributed by atoms with E-state index in [9.17, 15) is 8.42 Å². The topological polar surface area (TPSA) is 66.4 Å². The Labute approximate surface area is 114 Å². The molecule has 2 N–H and O–H groups in total. The van der Waals surface area contributed by atoms with Gasteiger partial charge < -0.3 is 5.11 Å². The predicted molar refractivity (Wildman–Crippen MR) is 75.1 cm³/mol. The van der Waals surface area contributed by atoms with Crippen molar-refractivity contribution in [1.29, 1.82) is 0 Å². The maximum Gasteiger partial charge on any atom is 0.212 e. The molecule has 0 bridgehead atoms. The molecule has 1 aromatic carbocycles. The summed E-state index contributed by atoms with van der Waals surface area (Å²) >= 11 is 0. The maximum absolute atomic E-state index is 12.0. The third-order valence-corrected chi connectivity index (χ3v) is 4.85. The second-order valence-electron chi connectivity index (χ2n) is 5.14. The van der Waals surface area contributed by atoms with Gasteiger partial charge in [0.2, 0.25) is 10.0 Å². The lowest BCUT2D eigenvalue weighted by atomic mass is 10.1. The lowest BCUT2D eigenvalue weighted by Gasteiger charge is -2.18. The molecule has 1 aromatic rings. The molecule has 0 radical (unpaired) electrons. The van der Waals surface area contributed by atoms with Gasteiger partial charge in [0, 0.05) is 12.6 Å². The van der Waals surface area contributed by atoms with Crippen LogP contribution < -0.4 is 4.72 Å². The second-order valence-corrected chi connectivity index (χ2v) is 7.02. The first-order valence-electron chi connectivity index (χ1n) is 6.76. The molecule has 106 valence electrons. The molecule has 1 aliphatic carbocycles. The molecule has 0 heterocycles. The lowest BCUT2D eigenvalue weighted by molar-refractivity contribution is 0.272. The number of nitrogens with one attached hydrogen (secondary N) is 1. The Morgan fingerprint density at radius 3 is 2.53 bits per heavy atom. The summed E-state index contributed by atoms with van der Waals surface area (Å²) in [4.78, 5) is 0. The molecule has 1 saturated carbocycles. The van der Waals surface area contributed by atoms with E-state index in [4.69, 9.17) is 5.11 Å². The summed E-state index contributed by atoms with van der Waals surface area (Å²) < 4.78 is 26.8. The fourth-order valence-corrected chi connectivity index (χ4v) is 3.56. The molecule has 0 saturated heterocycles. The number of hydrogen-bond acceptors (Lipinski definition) is 3. The van der Waals surface area contributed by atoms with Crippen molar-refractivity contribution < 1.29 is 13.5 Å². The number of benzene rings is 1. The molecule has 0 aliphatic heterocycles. The molecule has 1 aliphatic rings. The molecule has 1 atom stereocenters. The van der Waals surface area contributed by atoms with Gasteiger partial charge in [-0.05, 0) is 24.3 Å². The third-order valence-electron chi connectivity index (χ3n) is 3.43. The van der Waals surface area contributed by atoms with E-state index in [-0.39, 0.29) is 18.4 Å². The van der Waals surface area contributed by atoms with E-state index in [0.29, 0.717) is 12.3 Å². The summed E-state index contributed by atoms with van der Waals surface area (Å²) in [5.41, 5.74) is 0.895. The Morgan fingerprint density at radius 2 is 1.95 bits per heavy atom. The highest BCUT2D eigenvalue weighted by molar-refractivity contribution is 7.89. The summed E-state index contributed by atoms with van der Waals surface area (Å²) in [7, 11) is -3.27. The lowest BCUT2D eigenvalue weighted by Crippen LogP contribution is -2.31. The highest BCUT2D eigenvalue weighted by atomic mass is 32.2. The van der Waals surface area contributed by atoms with Crippen molar-refractivity contribution >= 4 is 10.0 Å². The molecular weight excluding hydrogens is 262 g/mol. The van der Waals surface area contributed by atoms with E-state index in [1.807, 2.05) is 30.3 Å². The zero-order valence-electron chi connectivity index (χ0n) is 11.0. The van der Waals surface area contributed by atoms with Crippen molar-refractivity contribution in [2.75, 3.05) is 12.4 Å². The molecule has 0 amide bonds. The summed E-state index contributed by atoms with van der Waals surface area (Å²) in [6.45, 7) is -0.0370. The fourth-order valence-electron chi connectivity index (χ4n) is 2.11. The molecule has 1 fully saturated rings. The van der Waals surface area contributed by atoms with Gasteiger partial charge >= 0.3 is 0 Å². The highest BCUT2D eigenvalue weighted by Crippen LogP contribution is 2.32. The van der Waals surface area contributed by atoms with Gasteiger partial charge in [-0.1, -0.05) is 43.2 Å². The van der Waals surface area contributed by atoms with Crippen LogP contribution in [0.3, 0.4) is 0 Å². The molecule has 19 heavy (non-hydrogen) atoms.